The Morgan fingerprint density at radius 2 is 1.22 bits per heavy atom. The Morgan fingerprint density at radius 1 is 0.722 bits per heavy atom. The van der Waals surface area contributed by atoms with Crippen molar-refractivity contribution < 1.29 is 57.1 Å². The molecule has 2 aromatic heterocycles. The van der Waals surface area contributed by atoms with Crippen molar-refractivity contribution in [3.63, 3.8) is 0 Å². The van der Waals surface area contributed by atoms with Crippen LogP contribution >= 0.6 is 0 Å². The number of hydrogen-bond acceptors (Lipinski definition) is 0. The number of imidazole rings is 2. The maximum atomic E-state index is 2.28. The van der Waals surface area contributed by atoms with Crippen molar-refractivity contribution in [1.29, 1.82) is 0 Å². The van der Waals surface area contributed by atoms with Crippen molar-refractivity contribution in [3.8, 4) is 0 Å². The van der Waals surface area contributed by atoms with Gasteiger partial charge in [0, 0.05) is 12.8 Å². The van der Waals surface area contributed by atoms with Gasteiger partial charge in [-0.2, -0.15) is 0 Å². The lowest BCUT2D eigenvalue weighted by atomic mass is 10.4. The largest absolute Gasteiger partial charge is 1.00 e. The third-order valence-electron chi connectivity index (χ3n) is 3.16. The van der Waals surface area contributed by atoms with Crippen LogP contribution in [0.3, 0.4) is 0 Å². The highest BCUT2D eigenvalue weighted by atomic mass is 127. The third kappa shape index (κ3) is 3.94. The van der Waals surface area contributed by atoms with Crippen LogP contribution in [0.4, 0.5) is 0 Å². The SMILES string of the molecule is [I-].[I-].c1c[n+]2cn1CCCn1cc[n+](c1)CCC2. The molecule has 0 fully saturated rings. The molecule has 1 aliphatic heterocycles. The molecule has 0 atom stereocenters. The van der Waals surface area contributed by atoms with Gasteiger partial charge < -0.3 is 48.0 Å². The summed E-state index contributed by atoms with van der Waals surface area (Å²) in [5.41, 5.74) is 0. The maximum Gasteiger partial charge on any atom is 0.243 e. The van der Waals surface area contributed by atoms with Crippen molar-refractivity contribution in [2.75, 3.05) is 0 Å². The van der Waals surface area contributed by atoms with E-state index in [0.717, 1.165) is 26.2 Å². The molecular formula is C12H18I2N4. The normalized spacial score (nSPS) is 14.7. The van der Waals surface area contributed by atoms with E-state index in [-0.39, 0.29) is 48.0 Å². The zero-order valence-electron chi connectivity index (χ0n) is 10.3. The van der Waals surface area contributed by atoms with Crippen LogP contribution in [0.15, 0.2) is 37.4 Å². The Hall–Kier alpha value is -0.120. The molecule has 0 unspecified atom stereocenters. The van der Waals surface area contributed by atoms with Gasteiger partial charge in [0.15, 0.2) is 0 Å². The molecule has 4 nitrogen and oxygen atoms in total. The second-order valence-electron chi connectivity index (χ2n) is 4.49. The second-order valence-corrected chi connectivity index (χ2v) is 4.49. The first-order valence-corrected chi connectivity index (χ1v) is 6.00. The number of fused-ring (bicyclic) bond motifs is 4. The van der Waals surface area contributed by atoms with Gasteiger partial charge in [0.05, 0.1) is 26.2 Å². The van der Waals surface area contributed by atoms with Gasteiger partial charge in [0.2, 0.25) is 12.7 Å². The molecule has 0 aromatic carbocycles. The minimum absolute atomic E-state index is 0. The van der Waals surface area contributed by atoms with Gasteiger partial charge in [-0.15, -0.1) is 0 Å². The lowest BCUT2D eigenvalue weighted by molar-refractivity contribution is -0.726. The van der Waals surface area contributed by atoms with E-state index in [1.165, 1.54) is 12.8 Å². The molecule has 0 spiro atoms. The zero-order chi connectivity index (χ0) is 10.8. The Balaban J connectivity index is 0.000000810. The average molecular weight is 472 g/mol. The van der Waals surface area contributed by atoms with Crippen LogP contribution in [0, 0.1) is 0 Å². The van der Waals surface area contributed by atoms with Crippen molar-refractivity contribution >= 4 is 0 Å². The summed E-state index contributed by atoms with van der Waals surface area (Å²) in [6, 6.07) is 0. The van der Waals surface area contributed by atoms with E-state index in [0.29, 0.717) is 0 Å². The summed E-state index contributed by atoms with van der Waals surface area (Å²) in [6.07, 6.45) is 15.5. The van der Waals surface area contributed by atoms with Crippen molar-refractivity contribution in [2.24, 2.45) is 0 Å². The fraction of sp³-hybridized carbons (Fsp3) is 0.500. The number of aryl methyl sites for hydroxylation is 4. The Kier molecular flexibility index (Phi) is 6.61. The van der Waals surface area contributed by atoms with Crippen LogP contribution in [0.1, 0.15) is 12.8 Å². The van der Waals surface area contributed by atoms with E-state index in [1.54, 1.807) is 0 Å². The van der Waals surface area contributed by atoms with Gasteiger partial charge in [-0.25, -0.2) is 18.3 Å². The van der Waals surface area contributed by atoms with Crippen molar-refractivity contribution in [1.82, 2.24) is 9.13 Å². The summed E-state index contributed by atoms with van der Waals surface area (Å²) in [6.45, 7) is 4.41. The first kappa shape index (κ1) is 15.9. The molecule has 18 heavy (non-hydrogen) atoms. The van der Waals surface area contributed by atoms with Crippen LogP contribution in [0.25, 0.3) is 0 Å². The fourth-order valence-electron chi connectivity index (χ4n) is 2.28. The van der Waals surface area contributed by atoms with E-state index in [9.17, 15) is 0 Å². The molecule has 3 heterocycles. The van der Waals surface area contributed by atoms with Gasteiger partial charge in [-0.1, -0.05) is 0 Å². The van der Waals surface area contributed by atoms with Crippen molar-refractivity contribution in [2.45, 2.75) is 39.0 Å². The van der Waals surface area contributed by atoms with Gasteiger partial charge in [-0.05, 0) is 0 Å². The third-order valence-corrected chi connectivity index (χ3v) is 3.16. The van der Waals surface area contributed by atoms with Crippen LogP contribution in [0.5, 0.6) is 0 Å². The molecule has 6 heteroatoms. The molecular weight excluding hydrogens is 454 g/mol. The summed E-state index contributed by atoms with van der Waals surface area (Å²) < 4.78 is 9.11. The van der Waals surface area contributed by atoms with Gasteiger partial charge in [0.25, 0.3) is 0 Å². The summed E-state index contributed by atoms with van der Waals surface area (Å²) in [5, 5.41) is 0. The van der Waals surface area contributed by atoms with Gasteiger partial charge >= 0.3 is 0 Å². The topological polar surface area (TPSA) is 17.6 Å². The minimum Gasteiger partial charge on any atom is -1.00 e. The van der Waals surface area contributed by atoms with Gasteiger partial charge in [-0.3, -0.25) is 0 Å². The molecule has 0 radical (unpaired) electrons. The molecule has 0 N–H and O–H groups in total. The Morgan fingerprint density at radius 3 is 1.72 bits per heavy atom. The van der Waals surface area contributed by atoms with E-state index < -0.39 is 0 Å². The monoisotopic (exact) mass is 472 g/mol. The molecule has 0 saturated heterocycles. The summed E-state index contributed by atoms with van der Waals surface area (Å²) in [7, 11) is 0. The lowest BCUT2D eigenvalue weighted by Crippen LogP contribution is -3.00. The van der Waals surface area contributed by atoms with Crippen LogP contribution < -0.4 is 57.1 Å². The molecule has 4 bridgehead atoms. The molecule has 2 aromatic rings. The molecule has 100 valence electrons. The summed E-state index contributed by atoms with van der Waals surface area (Å²) >= 11 is 0. The Labute approximate surface area is 142 Å². The number of hydrogen-bond donors (Lipinski definition) is 0. The van der Waals surface area contributed by atoms with Crippen molar-refractivity contribution in [3.05, 3.63) is 37.4 Å². The molecule has 0 amide bonds. The van der Waals surface area contributed by atoms with Crippen LogP contribution in [0.2, 0.25) is 0 Å². The first-order valence-electron chi connectivity index (χ1n) is 6.00. The smallest absolute Gasteiger partial charge is 0.243 e. The second kappa shape index (κ2) is 7.46. The number of halogens is 2. The maximum absolute atomic E-state index is 2.28. The summed E-state index contributed by atoms with van der Waals surface area (Å²) in [4.78, 5) is 0. The highest BCUT2D eigenvalue weighted by molar-refractivity contribution is 4.69. The van der Waals surface area contributed by atoms with E-state index in [4.69, 9.17) is 0 Å². The van der Waals surface area contributed by atoms with E-state index in [2.05, 4.69) is 55.7 Å². The predicted octanol–water partition coefficient (Wildman–Crippen LogP) is -5.63. The molecule has 0 saturated carbocycles. The quantitative estimate of drug-likeness (QED) is 0.269. The van der Waals surface area contributed by atoms with Gasteiger partial charge in [0.1, 0.15) is 24.8 Å². The standard InChI is InChI=1S/C12H18N4.2HI/c1-3-13-7-9-15(11-13)5-2-6-16-10-8-14(4-1)12-16;;/h7-12H,1-6H2;2*1H/q+2;;/p-2. The van der Waals surface area contributed by atoms with Crippen LogP contribution in [-0.4, -0.2) is 9.13 Å². The van der Waals surface area contributed by atoms with E-state index >= 15 is 0 Å². The Bertz CT molecular complexity index is 397. The highest BCUT2D eigenvalue weighted by Crippen LogP contribution is 1.96. The molecule has 1 aliphatic rings. The van der Waals surface area contributed by atoms with Crippen LogP contribution in [-0.2, 0) is 26.2 Å². The fourth-order valence-corrected chi connectivity index (χ4v) is 2.28. The summed E-state index contributed by atoms with van der Waals surface area (Å²) in [5.74, 6) is 0. The number of nitrogens with zero attached hydrogens (tertiary/aromatic N) is 4. The lowest BCUT2D eigenvalue weighted by Gasteiger charge is -1.98. The van der Waals surface area contributed by atoms with E-state index in [1.807, 2.05) is 0 Å². The number of aromatic nitrogens is 4. The number of rotatable bonds is 0. The first-order chi connectivity index (χ1) is 7.90. The predicted molar refractivity (Wildman–Crippen MR) is 58.5 cm³/mol. The zero-order valence-corrected chi connectivity index (χ0v) is 14.6. The highest BCUT2D eigenvalue weighted by Gasteiger charge is 2.09. The minimum atomic E-state index is 0. The average Bonchev–Trinajstić information content (AvgIpc) is 2.88. The molecule has 0 aliphatic carbocycles. The molecule has 3 rings (SSSR count).